The minimum atomic E-state index is -3.01. The number of aromatic nitrogens is 4. The fraction of sp³-hybridized carbons (Fsp3) is 0.571. The van der Waals surface area contributed by atoms with Gasteiger partial charge in [0.25, 0.3) is 0 Å². The number of sulfone groups is 1. The second-order valence-corrected chi connectivity index (χ2v) is 13.3. The van der Waals surface area contributed by atoms with Crippen LogP contribution in [0.2, 0.25) is 0 Å². The van der Waals surface area contributed by atoms with Crippen molar-refractivity contribution < 1.29 is 13.2 Å². The molecule has 5 heterocycles. The lowest BCUT2D eigenvalue weighted by molar-refractivity contribution is 0.0816. The van der Waals surface area contributed by atoms with E-state index in [0.717, 1.165) is 48.1 Å². The zero-order chi connectivity index (χ0) is 27.7. The molecule has 2 saturated heterocycles. The van der Waals surface area contributed by atoms with E-state index in [1.807, 2.05) is 18.5 Å². The van der Waals surface area contributed by atoms with Gasteiger partial charge in [-0.05, 0) is 48.8 Å². The fourth-order valence-electron chi connectivity index (χ4n) is 5.50. The topological polar surface area (TPSA) is 113 Å². The molecule has 11 heteroatoms. The molecule has 0 spiro atoms. The number of nitrogens with zero attached hydrogens (tertiary/aromatic N) is 6. The van der Waals surface area contributed by atoms with Crippen LogP contribution < -0.4 is 15.1 Å². The second-order valence-electron chi connectivity index (χ2n) is 10.9. The van der Waals surface area contributed by atoms with E-state index in [4.69, 9.17) is 19.7 Å². The number of fused-ring (bicyclic) bond motifs is 1. The van der Waals surface area contributed by atoms with Gasteiger partial charge >= 0.3 is 0 Å². The summed E-state index contributed by atoms with van der Waals surface area (Å²) in [5, 5.41) is 5.43. The van der Waals surface area contributed by atoms with Gasteiger partial charge in [0.15, 0.2) is 0 Å². The lowest BCUT2D eigenvalue weighted by Crippen LogP contribution is -2.57. The van der Waals surface area contributed by atoms with Crippen LogP contribution in [-0.4, -0.2) is 78.7 Å². The predicted octanol–water partition coefficient (Wildman–Crippen LogP) is 4.16. The van der Waals surface area contributed by atoms with Crippen LogP contribution >= 0.6 is 0 Å². The zero-order valence-electron chi connectivity index (χ0n) is 23.5. The van der Waals surface area contributed by atoms with E-state index in [1.54, 1.807) is 20.2 Å². The van der Waals surface area contributed by atoms with Gasteiger partial charge in [0, 0.05) is 68.4 Å². The lowest BCUT2D eigenvalue weighted by atomic mass is 9.90. The third-order valence-corrected chi connectivity index (χ3v) is 9.96. The molecule has 2 fully saturated rings. The van der Waals surface area contributed by atoms with Crippen LogP contribution in [0.3, 0.4) is 0 Å². The largest absolute Gasteiger partial charge is 0.381 e. The highest BCUT2D eigenvalue weighted by Gasteiger charge is 2.39. The number of hydrogen-bond acceptors (Lipinski definition) is 10. The Morgan fingerprint density at radius 3 is 2.54 bits per heavy atom. The van der Waals surface area contributed by atoms with Gasteiger partial charge in [0.1, 0.15) is 27.3 Å². The SMILES string of the molecule is CCS(=O)(=O)CC1CN(c2ncc(C(C)C)c3cc(Nc4ccnc(N5CCC(OC)CC5)n4)ncc23)[C@@H]1C. The Hall–Kier alpha value is -3.05. The summed E-state index contributed by atoms with van der Waals surface area (Å²) in [5.41, 5.74) is 1.14. The highest BCUT2D eigenvalue weighted by atomic mass is 32.2. The zero-order valence-corrected chi connectivity index (χ0v) is 24.3. The highest BCUT2D eigenvalue weighted by Crippen LogP contribution is 2.38. The molecule has 3 aromatic heterocycles. The Labute approximate surface area is 231 Å². The van der Waals surface area contributed by atoms with Crippen molar-refractivity contribution in [1.29, 1.82) is 0 Å². The maximum Gasteiger partial charge on any atom is 0.227 e. The van der Waals surface area contributed by atoms with E-state index in [0.29, 0.717) is 30.2 Å². The van der Waals surface area contributed by atoms with Crippen molar-refractivity contribution in [3.8, 4) is 0 Å². The lowest BCUT2D eigenvalue weighted by Gasteiger charge is -2.47. The molecule has 0 amide bonds. The van der Waals surface area contributed by atoms with Gasteiger partial charge < -0.3 is 19.9 Å². The quantitative estimate of drug-likeness (QED) is 0.414. The Balaban J connectivity index is 1.38. The van der Waals surface area contributed by atoms with Crippen molar-refractivity contribution in [1.82, 2.24) is 19.9 Å². The number of methoxy groups -OCH3 is 1. The molecule has 2 aliphatic rings. The molecule has 2 aliphatic heterocycles. The van der Waals surface area contributed by atoms with E-state index in [1.165, 1.54) is 0 Å². The molecular weight excluding hydrogens is 514 g/mol. The van der Waals surface area contributed by atoms with Gasteiger partial charge in [-0.1, -0.05) is 20.8 Å². The Morgan fingerprint density at radius 1 is 1.10 bits per heavy atom. The number of hydrogen-bond donors (Lipinski definition) is 1. The number of ether oxygens (including phenoxy) is 1. The molecule has 0 aromatic carbocycles. The van der Waals surface area contributed by atoms with Crippen molar-refractivity contribution in [2.75, 3.05) is 53.4 Å². The van der Waals surface area contributed by atoms with Gasteiger partial charge in [-0.2, -0.15) is 4.98 Å². The van der Waals surface area contributed by atoms with Crippen LogP contribution in [0.4, 0.5) is 23.4 Å². The summed E-state index contributed by atoms with van der Waals surface area (Å²) in [6.45, 7) is 10.5. The number of piperidine rings is 1. The predicted molar refractivity (Wildman–Crippen MR) is 156 cm³/mol. The van der Waals surface area contributed by atoms with Crippen LogP contribution in [0, 0.1) is 5.92 Å². The number of rotatable bonds is 9. The van der Waals surface area contributed by atoms with Crippen molar-refractivity contribution >= 4 is 44.0 Å². The molecule has 10 nitrogen and oxygen atoms in total. The molecular formula is C28H39N7O3S. The maximum atomic E-state index is 12.2. The smallest absolute Gasteiger partial charge is 0.227 e. The van der Waals surface area contributed by atoms with Gasteiger partial charge in [0.05, 0.1) is 11.9 Å². The molecule has 0 saturated carbocycles. The van der Waals surface area contributed by atoms with Gasteiger partial charge in [-0.3, -0.25) is 0 Å². The summed E-state index contributed by atoms with van der Waals surface area (Å²) < 4.78 is 29.8. The first-order valence-corrected chi connectivity index (χ1v) is 15.6. The molecule has 3 aromatic rings. The van der Waals surface area contributed by atoms with Gasteiger partial charge in [-0.25, -0.2) is 23.4 Å². The Morgan fingerprint density at radius 2 is 1.87 bits per heavy atom. The van der Waals surface area contributed by atoms with Crippen LogP contribution in [0.5, 0.6) is 0 Å². The number of nitrogens with one attached hydrogen (secondary N) is 1. The van der Waals surface area contributed by atoms with Crippen LogP contribution in [0.1, 0.15) is 52.0 Å². The number of pyridine rings is 2. The molecule has 1 N–H and O–H groups in total. The van der Waals surface area contributed by atoms with E-state index >= 15 is 0 Å². The molecule has 0 bridgehead atoms. The molecule has 0 radical (unpaired) electrons. The van der Waals surface area contributed by atoms with Crippen LogP contribution in [0.15, 0.2) is 30.7 Å². The second kappa shape index (κ2) is 11.2. The Kier molecular flexibility index (Phi) is 7.91. The molecule has 5 rings (SSSR count). The maximum absolute atomic E-state index is 12.2. The normalized spacial score (nSPS) is 20.5. The van der Waals surface area contributed by atoms with E-state index in [2.05, 4.69) is 46.9 Å². The van der Waals surface area contributed by atoms with Crippen LogP contribution in [-0.2, 0) is 14.6 Å². The molecule has 39 heavy (non-hydrogen) atoms. The van der Waals surface area contributed by atoms with Crippen molar-refractivity contribution in [3.63, 3.8) is 0 Å². The average molecular weight is 554 g/mol. The Bertz CT molecular complexity index is 1420. The van der Waals surface area contributed by atoms with Crippen LogP contribution in [0.25, 0.3) is 10.8 Å². The molecule has 210 valence electrons. The van der Waals surface area contributed by atoms with E-state index in [-0.39, 0.29) is 29.4 Å². The van der Waals surface area contributed by atoms with E-state index < -0.39 is 9.84 Å². The first kappa shape index (κ1) is 27.5. The third-order valence-electron chi connectivity index (χ3n) is 8.15. The summed E-state index contributed by atoms with van der Waals surface area (Å²) in [6.07, 6.45) is 7.81. The first-order valence-electron chi connectivity index (χ1n) is 13.8. The first-order chi connectivity index (χ1) is 18.7. The fourth-order valence-corrected chi connectivity index (χ4v) is 6.77. The minimum Gasteiger partial charge on any atom is -0.381 e. The van der Waals surface area contributed by atoms with E-state index in [9.17, 15) is 8.42 Å². The summed E-state index contributed by atoms with van der Waals surface area (Å²) >= 11 is 0. The number of anilines is 4. The minimum absolute atomic E-state index is 0.0955. The van der Waals surface area contributed by atoms with Gasteiger partial charge in [-0.15, -0.1) is 0 Å². The van der Waals surface area contributed by atoms with Crippen molar-refractivity contribution in [3.05, 3.63) is 36.3 Å². The summed E-state index contributed by atoms with van der Waals surface area (Å²) in [6, 6.07) is 4.01. The average Bonchev–Trinajstić information content (AvgIpc) is 2.94. The molecule has 0 aliphatic carbocycles. The van der Waals surface area contributed by atoms with Gasteiger partial charge in [0.2, 0.25) is 5.95 Å². The summed E-state index contributed by atoms with van der Waals surface area (Å²) in [4.78, 5) is 23.2. The third kappa shape index (κ3) is 5.79. The highest BCUT2D eigenvalue weighted by molar-refractivity contribution is 7.91. The summed E-state index contributed by atoms with van der Waals surface area (Å²) in [7, 11) is -1.25. The van der Waals surface area contributed by atoms with Crippen molar-refractivity contribution in [2.24, 2.45) is 5.92 Å². The molecule has 1 unspecified atom stereocenters. The summed E-state index contributed by atoms with van der Waals surface area (Å²) in [5.74, 6) is 3.75. The standard InChI is InChI=1S/C28H39N7O3S/c1-6-39(36,37)17-20-16-35(19(20)4)27-24-15-30-26(13-22(24)23(14-31-27)18(2)3)32-25-7-10-29-28(33-25)34-11-8-21(38-5)9-12-34/h7,10,13-15,18-21H,6,8-9,11-12,16-17H2,1-5H3,(H,29,30,32,33)/t19-,20?/m1/s1. The molecule has 2 atom stereocenters. The monoisotopic (exact) mass is 553 g/mol. The van der Waals surface area contributed by atoms with Crippen molar-refractivity contribution in [2.45, 2.75) is 58.6 Å².